The fourth-order valence-electron chi connectivity index (χ4n) is 3.34. The van der Waals surface area contributed by atoms with Gasteiger partial charge in [-0.25, -0.2) is 9.97 Å². The Hall–Kier alpha value is -2.10. The second-order valence-corrected chi connectivity index (χ2v) is 6.32. The van der Waals surface area contributed by atoms with Crippen molar-refractivity contribution in [3.63, 3.8) is 0 Å². The molecule has 0 fully saturated rings. The fraction of sp³-hybridized carbons (Fsp3) is 0.500. The molecular formula is C20H27N3O. The maximum atomic E-state index is 6.00. The molecule has 0 radical (unpaired) electrons. The highest BCUT2D eigenvalue weighted by Gasteiger charge is 2.16. The van der Waals surface area contributed by atoms with E-state index in [-0.39, 0.29) is 0 Å². The third-order valence-electron chi connectivity index (χ3n) is 4.57. The van der Waals surface area contributed by atoms with Crippen LogP contribution in [0.4, 0.5) is 5.82 Å². The van der Waals surface area contributed by atoms with E-state index in [1.54, 1.807) is 6.33 Å². The molecule has 1 N–H and O–H groups in total. The van der Waals surface area contributed by atoms with Gasteiger partial charge in [0.1, 0.15) is 24.5 Å². The first-order valence-corrected chi connectivity index (χ1v) is 9.13. The van der Waals surface area contributed by atoms with E-state index < -0.39 is 0 Å². The predicted octanol–water partition coefficient (Wildman–Crippen LogP) is 3.97. The minimum absolute atomic E-state index is 0.638. The van der Waals surface area contributed by atoms with Crippen molar-refractivity contribution in [2.45, 2.75) is 52.4 Å². The van der Waals surface area contributed by atoms with E-state index in [1.807, 2.05) is 0 Å². The number of hydrogen-bond donors (Lipinski definition) is 1. The standard InChI is InChI=1S/C20H27N3O/c1-3-6-15-9-10-19(16(4-2)13-15)24-12-11-21-20-17-7-5-8-18(17)22-14-23-20/h9-10,13-14H,3-8,11-12H2,1-2H3,(H,21,22,23). The van der Waals surface area contributed by atoms with Crippen molar-refractivity contribution in [1.29, 1.82) is 0 Å². The summed E-state index contributed by atoms with van der Waals surface area (Å²) < 4.78 is 6.00. The van der Waals surface area contributed by atoms with Gasteiger partial charge in [0.05, 0.1) is 6.54 Å². The number of hydrogen-bond acceptors (Lipinski definition) is 4. The first kappa shape index (κ1) is 16.7. The summed E-state index contributed by atoms with van der Waals surface area (Å²) in [6, 6.07) is 6.58. The number of nitrogens with one attached hydrogen (secondary N) is 1. The van der Waals surface area contributed by atoms with Gasteiger partial charge >= 0.3 is 0 Å². The van der Waals surface area contributed by atoms with Gasteiger partial charge in [-0.15, -0.1) is 0 Å². The van der Waals surface area contributed by atoms with E-state index in [4.69, 9.17) is 4.74 Å². The number of fused-ring (bicyclic) bond motifs is 1. The molecule has 1 aliphatic carbocycles. The van der Waals surface area contributed by atoms with Gasteiger partial charge in [-0.3, -0.25) is 0 Å². The number of anilines is 1. The van der Waals surface area contributed by atoms with Crippen molar-refractivity contribution >= 4 is 5.82 Å². The molecule has 0 spiro atoms. The quantitative estimate of drug-likeness (QED) is 0.746. The molecule has 128 valence electrons. The largest absolute Gasteiger partial charge is 0.491 e. The summed E-state index contributed by atoms with van der Waals surface area (Å²) in [5, 5.41) is 3.41. The van der Waals surface area contributed by atoms with Crippen LogP contribution in [0.15, 0.2) is 24.5 Å². The van der Waals surface area contributed by atoms with Crippen LogP contribution in [-0.4, -0.2) is 23.1 Å². The van der Waals surface area contributed by atoms with Gasteiger partial charge < -0.3 is 10.1 Å². The molecule has 1 aromatic heterocycles. The highest BCUT2D eigenvalue weighted by Crippen LogP contribution is 2.25. The Morgan fingerprint density at radius 3 is 2.92 bits per heavy atom. The Balaban J connectivity index is 1.54. The molecule has 0 unspecified atom stereocenters. The topological polar surface area (TPSA) is 47.0 Å². The molecule has 0 atom stereocenters. The van der Waals surface area contributed by atoms with Crippen LogP contribution < -0.4 is 10.1 Å². The van der Waals surface area contributed by atoms with Gasteiger partial charge in [-0.05, 0) is 49.3 Å². The minimum Gasteiger partial charge on any atom is -0.491 e. The second kappa shape index (κ2) is 8.13. The van der Waals surface area contributed by atoms with Crippen molar-refractivity contribution in [2.75, 3.05) is 18.5 Å². The molecule has 1 heterocycles. The summed E-state index contributed by atoms with van der Waals surface area (Å²) >= 11 is 0. The van der Waals surface area contributed by atoms with E-state index in [0.717, 1.165) is 43.8 Å². The Kier molecular flexibility index (Phi) is 5.68. The molecule has 2 aromatic rings. The number of aryl methyl sites for hydroxylation is 3. The van der Waals surface area contributed by atoms with Crippen molar-refractivity contribution in [1.82, 2.24) is 9.97 Å². The lowest BCUT2D eigenvalue weighted by Crippen LogP contribution is -2.14. The van der Waals surface area contributed by atoms with Crippen LogP contribution >= 0.6 is 0 Å². The summed E-state index contributed by atoms with van der Waals surface area (Å²) in [5.41, 5.74) is 5.18. The lowest BCUT2D eigenvalue weighted by Gasteiger charge is -2.13. The van der Waals surface area contributed by atoms with E-state index in [9.17, 15) is 0 Å². The summed E-state index contributed by atoms with van der Waals surface area (Å²) in [7, 11) is 0. The Morgan fingerprint density at radius 1 is 1.17 bits per heavy atom. The van der Waals surface area contributed by atoms with Gasteiger partial charge in [-0.2, -0.15) is 0 Å². The number of ether oxygens (including phenoxy) is 1. The lowest BCUT2D eigenvalue weighted by atomic mass is 10.0. The lowest BCUT2D eigenvalue weighted by molar-refractivity contribution is 0.329. The third-order valence-corrected chi connectivity index (χ3v) is 4.57. The normalized spacial score (nSPS) is 12.9. The zero-order valence-corrected chi connectivity index (χ0v) is 14.8. The molecule has 1 aliphatic rings. The van der Waals surface area contributed by atoms with Crippen molar-refractivity contribution in [3.05, 3.63) is 46.9 Å². The van der Waals surface area contributed by atoms with Crippen molar-refractivity contribution < 1.29 is 4.74 Å². The van der Waals surface area contributed by atoms with Crippen molar-refractivity contribution in [2.24, 2.45) is 0 Å². The maximum Gasteiger partial charge on any atom is 0.132 e. The molecule has 0 saturated carbocycles. The predicted molar refractivity (Wildman–Crippen MR) is 97.9 cm³/mol. The highest BCUT2D eigenvalue weighted by molar-refractivity contribution is 5.48. The van der Waals surface area contributed by atoms with Crippen LogP contribution in [0.5, 0.6) is 5.75 Å². The first-order valence-electron chi connectivity index (χ1n) is 9.13. The number of benzene rings is 1. The maximum absolute atomic E-state index is 6.00. The summed E-state index contributed by atoms with van der Waals surface area (Å²) in [6.45, 7) is 5.79. The Bertz CT molecular complexity index is 685. The van der Waals surface area contributed by atoms with Crippen molar-refractivity contribution in [3.8, 4) is 5.75 Å². The SMILES string of the molecule is CCCc1ccc(OCCNc2ncnc3c2CCC3)c(CC)c1. The minimum atomic E-state index is 0.638. The van der Waals surface area contributed by atoms with Crippen LogP contribution in [0.1, 0.15) is 49.1 Å². The molecule has 1 aromatic carbocycles. The average molecular weight is 325 g/mol. The first-order chi connectivity index (χ1) is 11.8. The van der Waals surface area contributed by atoms with E-state index in [0.29, 0.717) is 6.61 Å². The third kappa shape index (κ3) is 3.86. The zero-order valence-electron chi connectivity index (χ0n) is 14.8. The average Bonchev–Trinajstić information content (AvgIpc) is 3.09. The van der Waals surface area contributed by atoms with Gasteiger partial charge in [0.25, 0.3) is 0 Å². The monoisotopic (exact) mass is 325 g/mol. The smallest absolute Gasteiger partial charge is 0.132 e. The highest BCUT2D eigenvalue weighted by atomic mass is 16.5. The Morgan fingerprint density at radius 2 is 2.08 bits per heavy atom. The molecule has 24 heavy (non-hydrogen) atoms. The van der Waals surface area contributed by atoms with Crippen LogP contribution in [0, 0.1) is 0 Å². The molecule has 0 aliphatic heterocycles. The van der Waals surface area contributed by atoms with Gasteiger partial charge in [-0.1, -0.05) is 32.4 Å². The van der Waals surface area contributed by atoms with Crippen LogP contribution in [0.25, 0.3) is 0 Å². The Labute approximate surface area is 144 Å². The van der Waals surface area contributed by atoms with Gasteiger partial charge in [0.15, 0.2) is 0 Å². The molecule has 3 rings (SSSR count). The molecular weight excluding hydrogens is 298 g/mol. The van der Waals surface area contributed by atoms with E-state index >= 15 is 0 Å². The zero-order chi connectivity index (χ0) is 16.8. The summed E-state index contributed by atoms with van der Waals surface area (Å²) in [6.07, 6.45) is 8.31. The van der Waals surface area contributed by atoms with Crippen LogP contribution in [0.2, 0.25) is 0 Å². The summed E-state index contributed by atoms with van der Waals surface area (Å²) in [4.78, 5) is 8.74. The molecule has 0 amide bonds. The summed E-state index contributed by atoms with van der Waals surface area (Å²) in [5.74, 6) is 1.99. The fourth-order valence-corrected chi connectivity index (χ4v) is 3.34. The van der Waals surface area contributed by atoms with Crippen LogP contribution in [-0.2, 0) is 25.7 Å². The molecule has 4 heteroatoms. The number of rotatable bonds is 8. The number of aromatic nitrogens is 2. The van der Waals surface area contributed by atoms with Gasteiger partial charge in [0.2, 0.25) is 0 Å². The van der Waals surface area contributed by atoms with Gasteiger partial charge in [0, 0.05) is 11.3 Å². The second-order valence-electron chi connectivity index (χ2n) is 6.32. The molecule has 0 bridgehead atoms. The van der Waals surface area contributed by atoms with E-state index in [1.165, 1.54) is 35.2 Å². The number of nitrogens with zero attached hydrogens (tertiary/aromatic N) is 2. The van der Waals surface area contributed by atoms with E-state index in [2.05, 4.69) is 47.3 Å². The molecule has 0 saturated heterocycles. The van der Waals surface area contributed by atoms with Crippen LogP contribution in [0.3, 0.4) is 0 Å². The molecule has 4 nitrogen and oxygen atoms in total.